The van der Waals surface area contributed by atoms with Crippen molar-refractivity contribution in [1.29, 1.82) is 0 Å². The molecule has 0 spiro atoms. The summed E-state index contributed by atoms with van der Waals surface area (Å²) >= 11 is 0. The van der Waals surface area contributed by atoms with Crippen molar-refractivity contribution in [2.75, 3.05) is 0 Å². The SMILES string of the molecule is CCCC(C)c1ccccc1S(=O)(=O)O. The Morgan fingerprint density at radius 1 is 1.33 bits per heavy atom. The second kappa shape index (κ2) is 4.77. The van der Waals surface area contributed by atoms with Crippen LogP contribution in [0.1, 0.15) is 38.2 Å². The lowest BCUT2D eigenvalue weighted by atomic mass is 9.97. The molecule has 0 bridgehead atoms. The molecule has 84 valence electrons. The molecule has 1 atom stereocenters. The van der Waals surface area contributed by atoms with Crippen molar-refractivity contribution in [3.05, 3.63) is 29.8 Å². The molecule has 0 aromatic heterocycles. The summed E-state index contributed by atoms with van der Waals surface area (Å²) < 4.78 is 31.3. The van der Waals surface area contributed by atoms with E-state index in [0.717, 1.165) is 12.8 Å². The Morgan fingerprint density at radius 2 is 1.93 bits per heavy atom. The van der Waals surface area contributed by atoms with E-state index in [1.807, 2.05) is 13.8 Å². The summed E-state index contributed by atoms with van der Waals surface area (Å²) in [4.78, 5) is 0.0333. The largest absolute Gasteiger partial charge is 0.294 e. The molecule has 0 saturated carbocycles. The van der Waals surface area contributed by atoms with Gasteiger partial charge in [0.25, 0.3) is 10.1 Å². The highest BCUT2D eigenvalue weighted by molar-refractivity contribution is 7.85. The Morgan fingerprint density at radius 3 is 2.47 bits per heavy atom. The minimum atomic E-state index is -4.10. The summed E-state index contributed by atoms with van der Waals surface area (Å²) in [5.74, 6) is 0.146. The van der Waals surface area contributed by atoms with Gasteiger partial charge >= 0.3 is 0 Å². The molecule has 0 fully saturated rings. The molecule has 1 unspecified atom stereocenters. The van der Waals surface area contributed by atoms with Gasteiger partial charge in [-0.25, -0.2) is 0 Å². The number of rotatable bonds is 4. The molecule has 1 aromatic carbocycles. The highest BCUT2D eigenvalue weighted by Gasteiger charge is 2.17. The summed E-state index contributed by atoms with van der Waals surface area (Å²) in [7, 11) is -4.10. The van der Waals surface area contributed by atoms with Gasteiger partial charge in [0, 0.05) is 0 Å². The van der Waals surface area contributed by atoms with Gasteiger partial charge in [-0.2, -0.15) is 8.42 Å². The number of hydrogen-bond donors (Lipinski definition) is 1. The van der Waals surface area contributed by atoms with Gasteiger partial charge in [-0.05, 0) is 24.0 Å². The normalized spacial score (nSPS) is 13.8. The summed E-state index contributed by atoms with van der Waals surface area (Å²) in [5, 5.41) is 0. The first-order valence-electron chi connectivity index (χ1n) is 5.03. The quantitative estimate of drug-likeness (QED) is 0.806. The average Bonchev–Trinajstić information content (AvgIpc) is 2.17. The van der Waals surface area contributed by atoms with Gasteiger partial charge in [0.1, 0.15) is 0 Å². The second-order valence-corrected chi connectivity index (χ2v) is 5.09. The lowest BCUT2D eigenvalue weighted by Crippen LogP contribution is -2.05. The van der Waals surface area contributed by atoms with Crippen LogP contribution in [0.4, 0.5) is 0 Å². The second-order valence-electron chi connectivity index (χ2n) is 3.70. The van der Waals surface area contributed by atoms with Crippen molar-refractivity contribution in [2.45, 2.75) is 37.5 Å². The van der Waals surface area contributed by atoms with Crippen LogP contribution in [0.15, 0.2) is 29.2 Å². The predicted molar refractivity (Wildman–Crippen MR) is 59.6 cm³/mol. The van der Waals surface area contributed by atoms with Crippen LogP contribution in [-0.4, -0.2) is 13.0 Å². The molecular weight excluding hydrogens is 212 g/mol. The van der Waals surface area contributed by atoms with Gasteiger partial charge in [0.05, 0.1) is 4.90 Å². The summed E-state index contributed by atoms with van der Waals surface area (Å²) in [6.45, 7) is 4.01. The van der Waals surface area contributed by atoms with Gasteiger partial charge in [-0.3, -0.25) is 4.55 Å². The van der Waals surface area contributed by atoms with Crippen LogP contribution in [0.2, 0.25) is 0 Å². The van der Waals surface area contributed by atoms with E-state index in [1.54, 1.807) is 18.2 Å². The number of hydrogen-bond acceptors (Lipinski definition) is 2. The van der Waals surface area contributed by atoms with E-state index in [4.69, 9.17) is 4.55 Å². The van der Waals surface area contributed by atoms with Crippen molar-refractivity contribution in [2.24, 2.45) is 0 Å². The first-order chi connectivity index (χ1) is 6.96. The van der Waals surface area contributed by atoms with E-state index in [1.165, 1.54) is 6.07 Å². The van der Waals surface area contributed by atoms with E-state index < -0.39 is 10.1 Å². The maximum absolute atomic E-state index is 11.1. The average molecular weight is 228 g/mol. The molecule has 0 aliphatic heterocycles. The summed E-state index contributed by atoms with van der Waals surface area (Å²) in [6, 6.07) is 6.60. The Hall–Kier alpha value is -0.870. The third kappa shape index (κ3) is 3.04. The van der Waals surface area contributed by atoms with E-state index in [0.29, 0.717) is 5.56 Å². The molecule has 0 saturated heterocycles. The Balaban J connectivity index is 3.18. The predicted octanol–water partition coefficient (Wildman–Crippen LogP) is 2.84. The zero-order valence-electron chi connectivity index (χ0n) is 8.97. The minimum Gasteiger partial charge on any atom is -0.282 e. The van der Waals surface area contributed by atoms with Gasteiger partial charge in [0.2, 0.25) is 0 Å². The monoisotopic (exact) mass is 228 g/mol. The summed E-state index contributed by atoms with van der Waals surface area (Å²) in [6.07, 6.45) is 1.90. The molecule has 0 aliphatic carbocycles. The molecular formula is C11H16O3S. The smallest absolute Gasteiger partial charge is 0.282 e. The van der Waals surface area contributed by atoms with Gasteiger partial charge in [-0.1, -0.05) is 38.5 Å². The van der Waals surface area contributed by atoms with Crippen molar-refractivity contribution < 1.29 is 13.0 Å². The van der Waals surface area contributed by atoms with Crippen LogP contribution in [0.3, 0.4) is 0 Å². The van der Waals surface area contributed by atoms with E-state index >= 15 is 0 Å². The Bertz CT molecular complexity index is 423. The zero-order valence-corrected chi connectivity index (χ0v) is 9.79. The third-order valence-electron chi connectivity index (χ3n) is 2.45. The standard InChI is InChI=1S/C11H16O3S/c1-3-6-9(2)10-7-4-5-8-11(10)15(12,13)14/h4-5,7-9H,3,6H2,1-2H3,(H,12,13,14). The van der Waals surface area contributed by atoms with Crippen molar-refractivity contribution in [1.82, 2.24) is 0 Å². The molecule has 0 heterocycles. The lowest BCUT2D eigenvalue weighted by molar-refractivity contribution is 0.480. The van der Waals surface area contributed by atoms with Crippen LogP contribution in [0, 0.1) is 0 Å². The molecule has 0 amide bonds. The third-order valence-corrected chi connectivity index (χ3v) is 3.38. The van der Waals surface area contributed by atoms with Crippen LogP contribution >= 0.6 is 0 Å². The Labute approximate surface area is 90.9 Å². The fourth-order valence-electron chi connectivity index (χ4n) is 1.71. The molecule has 1 N–H and O–H groups in total. The van der Waals surface area contributed by atoms with Crippen LogP contribution in [0.25, 0.3) is 0 Å². The topological polar surface area (TPSA) is 54.4 Å². The Kier molecular flexibility index (Phi) is 3.88. The molecule has 4 heteroatoms. The first kappa shape index (κ1) is 12.2. The van der Waals surface area contributed by atoms with E-state index in [9.17, 15) is 8.42 Å². The van der Waals surface area contributed by atoms with E-state index in [-0.39, 0.29) is 10.8 Å². The van der Waals surface area contributed by atoms with Crippen molar-refractivity contribution in [3.63, 3.8) is 0 Å². The van der Waals surface area contributed by atoms with Gasteiger partial charge in [0.15, 0.2) is 0 Å². The van der Waals surface area contributed by atoms with Crippen LogP contribution in [0.5, 0.6) is 0 Å². The highest BCUT2D eigenvalue weighted by atomic mass is 32.2. The van der Waals surface area contributed by atoms with E-state index in [2.05, 4.69) is 0 Å². The van der Waals surface area contributed by atoms with Gasteiger partial charge < -0.3 is 0 Å². The van der Waals surface area contributed by atoms with Crippen molar-refractivity contribution >= 4 is 10.1 Å². The zero-order chi connectivity index (χ0) is 11.5. The van der Waals surface area contributed by atoms with Crippen LogP contribution in [-0.2, 0) is 10.1 Å². The fourth-order valence-corrected chi connectivity index (χ4v) is 2.53. The minimum absolute atomic E-state index is 0.0333. The molecule has 0 radical (unpaired) electrons. The molecule has 3 nitrogen and oxygen atoms in total. The molecule has 15 heavy (non-hydrogen) atoms. The van der Waals surface area contributed by atoms with Crippen molar-refractivity contribution in [3.8, 4) is 0 Å². The summed E-state index contributed by atoms with van der Waals surface area (Å²) in [5.41, 5.74) is 0.696. The highest BCUT2D eigenvalue weighted by Crippen LogP contribution is 2.26. The maximum Gasteiger partial charge on any atom is 0.294 e. The lowest BCUT2D eigenvalue weighted by Gasteiger charge is -2.13. The maximum atomic E-state index is 11.1. The number of benzene rings is 1. The van der Waals surface area contributed by atoms with Crippen LogP contribution < -0.4 is 0 Å². The fraction of sp³-hybridized carbons (Fsp3) is 0.455. The molecule has 1 rings (SSSR count). The first-order valence-corrected chi connectivity index (χ1v) is 6.47. The van der Waals surface area contributed by atoms with Gasteiger partial charge in [-0.15, -0.1) is 0 Å². The molecule has 0 aliphatic rings. The molecule has 1 aromatic rings.